The first-order chi connectivity index (χ1) is 7.33. The van der Waals surface area contributed by atoms with E-state index in [0.717, 1.165) is 19.4 Å². The Bertz CT molecular complexity index is 513. The average Bonchev–Trinajstić information content (AvgIpc) is 2.92. The van der Waals surface area contributed by atoms with Crippen molar-refractivity contribution < 1.29 is 28.9 Å². The Morgan fingerprint density at radius 2 is 1.40 bits per heavy atom. The molecule has 0 heterocycles. The normalized spacial score (nSPS) is 17.3. The molecule has 0 unspecified atom stereocenters. The van der Waals surface area contributed by atoms with Crippen molar-refractivity contribution in [3.05, 3.63) is 43.0 Å². The van der Waals surface area contributed by atoms with Crippen LogP contribution in [0.25, 0.3) is 0 Å². The summed E-state index contributed by atoms with van der Waals surface area (Å²) in [5, 5.41) is 0. The fourth-order valence-electron chi connectivity index (χ4n) is 1.94. The first-order valence-corrected chi connectivity index (χ1v) is 9.76. The molecule has 0 radical (unpaired) electrons. The summed E-state index contributed by atoms with van der Waals surface area (Å²) in [5.41, 5.74) is 0. The summed E-state index contributed by atoms with van der Waals surface area (Å²) >= 11 is -3.72. The second kappa shape index (κ2) is 4.25. The molecule has 0 spiro atoms. The van der Waals surface area contributed by atoms with Gasteiger partial charge in [-0.25, -0.2) is 0 Å². The van der Waals surface area contributed by atoms with Gasteiger partial charge in [0.1, 0.15) is 0 Å². The van der Waals surface area contributed by atoms with Gasteiger partial charge in [0.05, 0.1) is 0 Å². The molecule has 0 saturated carbocycles. The molecule has 0 aromatic carbocycles. The van der Waals surface area contributed by atoms with Crippen molar-refractivity contribution >= 4 is 7.15 Å². The summed E-state index contributed by atoms with van der Waals surface area (Å²) < 4.78 is 6.09. The van der Waals surface area contributed by atoms with E-state index in [2.05, 4.69) is 7.15 Å². The molecule has 74 valence electrons. The molecule has 0 N–H and O–H groups in total. The van der Waals surface area contributed by atoms with Crippen LogP contribution in [0.5, 0.6) is 0 Å². The van der Waals surface area contributed by atoms with E-state index < -0.39 is 19.3 Å². The van der Waals surface area contributed by atoms with Gasteiger partial charge in [-0.05, 0) is 0 Å². The van der Waals surface area contributed by atoms with Crippen molar-refractivity contribution in [2.24, 2.45) is 0 Å². The molecule has 0 aliphatic heterocycles. The molecule has 0 amide bonds. The molecule has 3 heteroatoms. The minimum atomic E-state index is -3.72. The first-order valence-electron chi connectivity index (χ1n) is 4.84. The Hall–Kier alpha value is -0.997. The van der Waals surface area contributed by atoms with Crippen molar-refractivity contribution in [3.63, 3.8) is 0 Å². The molecule has 0 aromatic rings. The van der Waals surface area contributed by atoms with Crippen LogP contribution >= 0.6 is 0 Å². The van der Waals surface area contributed by atoms with E-state index >= 15 is 0 Å². The third-order valence-electron chi connectivity index (χ3n) is 2.81. The number of rotatable bonds is 2. The van der Waals surface area contributed by atoms with Gasteiger partial charge in [-0.2, -0.15) is 0 Å². The standard InChI is InChI=1S/2C5H5.2CO.Zr/c2*1-2-4-5-3-1;2*1-2;/h2*1-3H,4H2;;;. The quantitative estimate of drug-likeness (QED) is 0.773. The molecular formula is C12H10O2Zr. The zero-order valence-electron chi connectivity index (χ0n) is 8.19. The van der Waals surface area contributed by atoms with Gasteiger partial charge in [0, 0.05) is 0 Å². The van der Waals surface area contributed by atoms with E-state index in [0.29, 0.717) is 0 Å². The fraction of sp³-hybridized carbons (Fsp3) is 0.167. The molecule has 0 saturated heterocycles. The number of carbonyl (C=O) groups excluding carboxylic acids is 2. The van der Waals surface area contributed by atoms with Crippen molar-refractivity contribution in [3.8, 4) is 0 Å². The van der Waals surface area contributed by atoms with Crippen molar-refractivity contribution in [2.75, 3.05) is 0 Å². The maximum atomic E-state index is 11.2. The third-order valence-corrected chi connectivity index (χ3v) is 10.9. The molecule has 2 nitrogen and oxygen atoms in total. The van der Waals surface area contributed by atoms with Gasteiger partial charge in [0.2, 0.25) is 0 Å². The first kappa shape index (κ1) is 10.5. The predicted octanol–water partition coefficient (Wildman–Crippen LogP) is 1.96. The van der Waals surface area contributed by atoms with Crippen molar-refractivity contribution in [1.82, 2.24) is 0 Å². The van der Waals surface area contributed by atoms with E-state index in [-0.39, 0.29) is 0 Å². The van der Waals surface area contributed by atoms with E-state index in [1.807, 2.05) is 36.5 Å². The summed E-state index contributed by atoms with van der Waals surface area (Å²) in [5.74, 6) is 0. The van der Waals surface area contributed by atoms with Crippen LogP contribution in [-0.2, 0) is 28.9 Å². The van der Waals surface area contributed by atoms with Gasteiger partial charge in [-0.3, -0.25) is 0 Å². The van der Waals surface area contributed by atoms with Crippen LogP contribution in [0, 0.1) is 0 Å². The molecule has 0 fully saturated rings. The van der Waals surface area contributed by atoms with E-state index in [4.69, 9.17) is 0 Å². The van der Waals surface area contributed by atoms with Crippen LogP contribution in [0.3, 0.4) is 0 Å². The van der Waals surface area contributed by atoms with E-state index in [9.17, 15) is 9.59 Å². The third kappa shape index (κ3) is 1.64. The summed E-state index contributed by atoms with van der Waals surface area (Å²) in [6.07, 6.45) is 13.0. The monoisotopic (exact) mass is 276 g/mol. The molecule has 2 aliphatic carbocycles. The van der Waals surface area contributed by atoms with Crippen LogP contribution in [0.2, 0.25) is 0 Å². The van der Waals surface area contributed by atoms with Crippen LogP contribution in [0.4, 0.5) is 0 Å². The van der Waals surface area contributed by atoms with Crippen LogP contribution in [-0.4, -0.2) is 7.15 Å². The van der Waals surface area contributed by atoms with Crippen LogP contribution in [0.15, 0.2) is 43.0 Å². The zero-order valence-corrected chi connectivity index (χ0v) is 10.7. The summed E-state index contributed by atoms with van der Waals surface area (Å²) in [6.45, 7) is 0. The average molecular weight is 277 g/mol. The van der Waals surface area contributed by atoms with Crippen LogP contribution < -0.4 is 0 Å². The number of allylic oxidation sites excluding steroid dienone is 8. The molecule has 2 aliphatic rings. The number of hydrogen-bond acceptors (Lipinski definition) is 2. The predicted molar refractivity (Wildman–Crippen MR) is 55.1 cm³/mol. The second-order valence-corrected chi connectivity index (χ2v) is 11.5. The number of hydrogen-bond donors (Lipinski definition) is 0. The van der Waals surface area contributed by atoms with Gasteiger partial charge in [-0.15, -0.1) is 0 Å². The molecule has 2 rings (SSSR count). The fourth-order valence-corrected chi connectivity index (χ4v) is 8.13. The summed E-state index contributed by atoms with van der Waals surface area (Å²) in [6, 6.07) is 0. The Balaban J connectivity index is 2.63. The van der Waals surface area contributed by atoms with Gasteiger partial charge < -0.3 is 0 Å². The van der Waals surface area contributed by atoms with Crippen molar-refractivity contribution in [1.29, 1.82) is 0 Å². The molecule has 15 heavy (non-hydrogen) atoms. The Morgan fingerprint density at radius 1 is 0.933 bits per heavy atom. The van der Waals surface area contributed by atoms with Crippen molar-refractivity contribution in [2.45, 2.75) is 12.8 Å². The van der Waals surface area contributed by atoms with Gasteiger partial charge >= 0.3 is 91.9 Å². The molecular weight excluding hydrogens is 267 g/mol. The molecule has 0 bridgehead atoms. The van der Waals surface area contributed by atoms with E-state index in [1.54, 1.807) is 0 Å². The second-order valence-electron chi connectivity index (χ2n) is 3.60. The van der Waals surface area contributed by atoms with Crippen LogP contribution in [0.1, 0.15) is 12.8 Å². The maximum absolute atomic E-state index is 11.2. The van der Waals surface area contributed by atoms with E-state index in [1.165, 1.54) is 0 Å². The SMILES string of the molecule is O=[C]=[Zr](=[C]=O)([C]1=CC=CC1)[C]1=CC=CC1. The Kier molecular flexibility index (Phi) is 2.98. The summed E-state index contributed by atoms with van der Waals surface area (Å²) in [4.78, 5) is 22.4. The Labute approximate surface area is 91.6 Å². The Morgan fingerprint density at radius 3 is 1.67 bits per heavy atom. The zero-order chi connectivity index (χ0) is 10.7. The topological polar surface area (TPSA) is 34.1 Å². The summed E-state index contributed by atoms with van der Waals surface area (Å²) in [7, 11) is 0. The van der Waals surface area contributed by atoms with Gasteiger partial charge in [-0.1, -0.05) is 0 Å². The van der Waals surface area contributed by atoms with Gasteiger partial charge in [0.25, 0.3) is 0 Å². The molecule has 0 atom stereocenters. The van der Waals surface area contributed by atoms with Gasteiger partial charge in [0.15, 0.2) is 0 Å². The minimum absolute atomic E-state index is 0.720. The molecule has 0 aromatic heterocycles.